The van der Waals surface area contributed by atoms with Crippen molar-refractivity contribution in [1.82, 2.24) is 32.6 Å². The second-order valence-corrected chi connectivity index (χ2v) is 12.8. The van der Waals surface area contributed by atoms with Gasteiger partial charge in [-0.15, -0.1) is 0 Å². The SMILES string of the molecule is CC(COC(=O)c1ccc(C2(C(F)(F)F)NN2)cc1)(COC(=O)c1ccc(C2(C(F)(F)F)NN2)cc1)COC(=O)c1ccc(C2(C(F)(F)F)NN2)cc1. The molecule has 0 spiro atoms. The Kier molecular flexibility index (Phi) is 9.27. The second kappa shape index (κ2) is 13.0. The van der Waals surface area contributed by atoms with E-state index in [1.54, 1.807) is 0 Å². The van der Waals surface area contributed by atoms with E-state index in [9.17, 15) is 53.9 Å². The van der Waals surface area contributed by atoms with Gasteiger partial charge in [-0.25, -0.2) is 46.9 Å². The number of hydrogen-bond donors (Lipinski definition) is 6. The molecule has 0 amide bonds. The number of esters is 3. The molecule has 53 heavy (non-hydrogen) atoms. The summed E-state index contributed by atoms with van der Waals surface area (Å²) >= 11 is 0. The number of nitrogens with one attached hydrogen (secondary N) is 6. The number of hydrogen-bond acceptors (Lipinski definition) is 12. The lowest BCUT2D eigenvalue weighted by Crippen LogP contribution is -2.37. The van der Waals surface area contributed by atoms with Crippen LogP contribution in [0.1, 0.15) is 54.7 Å². The largest absolute Gasteiger partial charge is 0.461 e. The molecule has 3 saturated heterocycles. The lowest BCUT2D eigenvalue weighted by molar-refractivity contribution is -0.166. The van der Waals surface area contributed by atoms with E-state index in [1.165, 1.54) is 6.92 Å². The van der Waals surface area contributed by atoms with E-state index in [0.717, 1.165) is 72.8 Å². The van der Waals surface area contributed by atoms with Crippen LogP contribution in [0.25, 0.3) is 0 Å². The Morgan fingerprint density at radius 3 is 0.830 bits per heavy atom. The molecule has 0 unspecified atom stereocenters. The van der Waals surface area contributed by atoms with Crippen molar-refractivity contribution < 1.29 is 68.1 Å². The predicted octanol–water partition coefficient (Wildman–Crippen LogP) is 4.03. The lowest BCUT2D eigenvalue weighted by atomic mass is 9.94. The third-order valence-corrected chi connectivity index (χ3v) is 8.72. The van der Waals surface area contributed by atoms with E-state index in [0.29, 0.717) is 0 Å². The van der Waals surface area contributed by atoms with Crippen molar-refractivity contribution in [3.05, 3.63) is 106 Å². The van der Waals surface area contributed by atoms with Crippen molar-refractivity contribution in [1.29, 1.82) is 0 Å². The minimum Gasteiger partial charge on any atom is -0.461 e. The Morgan fingerprint density at radius 1 is 0.453 bits per heavy atom. The first-order valence-electron chi connectivity index (χ1n) is 15.3. The number of hydrazine groups is 3. The molecular weight excluding hydrogens is 735 g/mol. The van der Waals surface area contributed by atoms with Crippen LogP contribution in [-0.4, -0.2) is 56.3 Å². The van der Waals surface area contributed by atoms with Crippen LogP contribution in [-0.2, 0) is 31.2 Å². The maximum absolute atomic E-state index is 13.4. The number of carbonyl (C=O) groups is 3. The average molecular weight is 763 g/mol. The van der Waals surface area contributed by atoms with Crippen LogP contribution in [0.4, 0.5) is 39.5 Å². The number of alkyl halides is 9. The summed E-state index contributed by atoms with van der Waals surface area (Å²) in [4.78, 5) is 38.7. The van der Waals surface area contributed by atoms with Crippen molar-refractivity contribution in [2.45, 2.75) is 42.4 Å². The number of rotatable bonds is 12. The lowest BCUT2D eigenvalue weighted by Gasteiger charge is -2.28. The summed E-state index contributed by atoms with van der Waals surface area (Å²) in [5, 5.41) is 0. The van der Waals surface area contributed by atoms with E-state index >= 15 is 0 Å². The number of ether oxygens (including phenoxy) is 3. The quantitative estimate of drug-likeness (QED) is 0.0669. The van der Waals surface area contributed by atoms with Crippen molar-refractivity contribution in [2.75, 3.05) is 19.8 Å². The first-order chi connectivity index (χ1) is 24.7. The van der Waals surface area contributed by atoms with Crippen molar-refractivity contribution in [3.8, 4) is 0 Å². The summed E-state index contributed by atoms with van der Waals surface area (Å²) in [7, 11) is 0. The van der Waals surface area contributed by atoms with E-state index in [-0.39, 0.29) is 33.4 Å². The van der Waals surface area contributed by atoms with Crippen molar-refractivity contribution in [2.24, 2.45) is 5.41 Å². The van der Waals surface area contributed by atoms with Crippen LogP contribution in [0.15, 0.2) is 72.8 Å². The Bertz CT molecular complexity index is 1660. The summed E-state index contributed by atoms with van der Waals surface area (Å²) in [6.45, 7) is -0.418. The van der Waals surface area contributed by atoms with Gasteiger partial charge in [0.05, 0.1) is 22.1 Å². The van der Waals surface area contributed by atoms with Gasteiger partial charge in [-0.1, -0.05) is 36.4 Å². The highest BCUT2D eigenvalue weighted by molar-refractivity contribution is 5.90. The van der Waals surface area contributed by atoms with Gasteiger partial charge in [0.25, 0.3) is 0 Å². The van der Waals surface area contributed by atoms with Crippen LogP contribution in [0, 0.1) is 5.41 Å². The molecule has 0 atom stereocenters. The fraction of sp³-hybridized carbons (Fsp3) is 0.344. The molecule has 3 fully saturated rings. The van der Waals surface area contributed by atoms with Crippen molar-refractivity contribution in [3.63, 3.8) is 0 Å². The first kappa shape index (κ1) is 37.9. The molecule has 0 bridgehead atoms. The molecule has 21 heteroatoms. The zero-order valence-corrected chi connectivity index (χ0v) is 26.9. The molecule has 3 aromatic carbocycles. The number of carbonyl (C=O) groups excluding carboxylic acids is 3. The van der Waals surface area contributed by atoms with Crippen LogP contribution in [0.2, 0.25) is 0 Å². The molecule has 0 saturated carbocycles. The minimum absolute atomic E-state index is 0.157. The van der Waals surface area contributed by atoms with Crippen LogP contribution in [0.3, 0.4) is 0 Å². The smallest absolute Gasteiger partial charge is 0.426 e. The normalized spacial score (nSPS) is 18.5. The zero-order valence-electron chi connectivity index (χ0n) is 26.9. The Hall–Kier alpha value is -4.80. The van der Waals surface area contributed by atoms with Gasteiger partial charge in [0.15, 0.2) is 0 Å². The summed E-state index contributed by atoms with van der Waals surface area (Å²) in [6, 6.07) is 12.8. The molecule has 3 heterocycles. The van der Waals surface area contributed by atoms with E-state index < -0.39 is 78.7 Å². The molecule has 0 aromatic heterocycles. The highest BCUT2D eigenvalue weighted by Gasteiger charge is 2.67. The molecule has 6 rings (SSSR count). The topological polar surface area (TPSA) is 211 Å². The van der Waals surface area contributed by atoms with E-state index in [2.05, 4.69) is 0 Å². The van der Waals surface area contributed by atoms with E-state index in [4.69, 9.17) is 14.2 Å². The van der Waals surface area contributed by atoms with Gasteiger partial charge in [-0.05, 0) is 60.0 Å². The Labute approximate surface area is 292 Å². The summed E-state index contributed by atoms with van der Waals surface area (Å²) < 4.78 is 137. The minimum atomic E-state index is -4.69. The summed E-state index contributed by atoms with van der Waals surface area (Å²) in [6.07, 6.45) is -14.1. The monoisotopic (exact) mass is 762 g/mol. The Morgan fingerprint density at radius 2 is 0.660 bits per heavy atom. The van der Waals surface area contributed by atoms with Gasteiger partial charge in [-0.2, -0.15) is 39.5 Å². The maximum atomic E-state index is 13.4. The summed E-state index contributed by atoms with van der Waals surface area (Å²) in [5.41, 5.74) is 2.07. The van der Waals surface area contributed by atoms with Crippen LogP contribution >= 0.6 is 0 Å². The third-order valence-electron chi connectivity index (χ3n) is 8.72. The maximum Gasteiger partial charge on any atom is 0.426 e. The van der Waals surface area contributed by atoms with Gasteiger partial charge in [0.2, 0.25) is 17.0 Å². The van der Waals surface area contributed by atoms with Crippen LogP contribution in [0.5, 0.6) is 0 Å². The standard InChI is InChI=1S/C32H27F9N6O6/c1-26(14-51-23(48)17-2-8-20(9-3-17)27(42-43-27)30(33,34)35,15-52-24(49)18-4-10-21(11-5-18)28(44-45-28)31(36,37)38)16-53-25(50)19-6-12-22(13-7-19)29(46-47-29)32(39,40)41/h2-13,42-47H,14-16H2,1H3. The molecule has 6 N–H and O–H groups in total. The molecule has 3 aliphatic rings. The highest BCUT2D eigenvalue weighted by atomic mass is 19.4. The molecule has 3 aromatic rings. The molecule has 284 valence electrons. The van der Waals surface area contributed by atoms with Crippen molar-refractivity contribution >= 4 is 17.9 Å². The number of halogens is 9. The third kappa shape index (κ3) is 7.27. The molecule has 0 radical (unpaired) electrons. The molecule has 12 nitrogen and oxygen atoms in total. The molecule has 0 aliphatic carbocycles. The van der Waals surface area contributed by atoms with Gasteiger partial charge in [0, 0.05) is 0 Å². The summed E-state index contributed by atoms with van der Waals surface area (Å²) in [5.74, 6) is -3.02. The first-order valence-corrected chi connectivity index (χ1v) is 15.3. The van der Waals surface area contributed by atoms with E-state index in [1.807, 2.05) is 32.6 Å². The zero-order chi connectivity index (χ0) is 38.7. The van der Waals surface area contributed by atoms with Gasteiger partial charge < -0.3 is 14.2 Å². The van der Waals surface area contributed by atoms with Gasteiger partial charge >= 0.3 is 36.4 Å². The average Bonchev–Trinajstić information content (AvgIpc) is 3.97. The van der Waals surface area contributed by atoms with Crippen LogP contribution < -0.4 is 32.6 Å². The highest BCUT2D eigenvalue weighted by Crippen LogP contribution is 2.44. The van der Waals surface area contributed by atoms with Gasteiger partial charge in [0.1, 0.15) is 19.8 Å². The fourth-order valence-corrected chi connectivity index (χ4v) is 5.20. The second-order valence-electron chi connectivity index (χ2n) is 12.8. The molecule has 3 aliphatic heterocycles. The molecular formula is C32H27F9N6O6. The van der Waals surface area contributed by atoms with Gasteiger partial charge in [-0.3, -0.25) is 0 Å². The Balaban J connectivity index is 1.13. The number of benzene rings is 3. The fourth-order valence-electron chi connectivity index (χ4n) is 5.20. The predicted molar refractivity (Wildman–Crippen MR) is 160 cm³/mol.